The fourth-order valence-electron chi connectivity index (χ4n) is 1.97. The molecule has 1 N–H and O–H groups in total. The lowest BCUT2D eigenvalue weighted by Gasteiger charge is -2.26. The van der Waals surface area contributed by atoms with Crippen molar-refractivity contribution in [1.82, 2.24) is 5.32 Å². The number of aryl methyl sites for hydroxylation is 1. The third-order valence-electron chi connectivity index (χ3n) is 3.16. The molecular weight excluding hydrogens is 210 g/mol. The topological polar surface area (TPSA) is 21.3 Å². The van der Waals surface area contributed by atoms with E-state index in [1.165, 1.54) is 11.1 Å². The van der Waals surface area contributed by atoms with Gasteiger partial charge in [0, 0.05) is 19.2 Å². The van der Waals surface area contributed by atoms with Gasteiger partial charge >= 0.3 is 0 Å². The number of hydrogen-bond acceptors (Lipinski definition) is 2. The SMILES string of the molecule is COCC(N[C@@H](C)c1cccc(C)c1)C(C)C. The van der Waals surface area contributed by atoms with E-state index < -0.39 is 0 Å². The zero-order valence-electron chi connectivity index (χ0n) is 11.7. The van der Waals surface area contributed by atoms with E-state index in [0.29, 0.717) is 18.0 Å². The van der Waals surface area contributed by atoms with E-state index in [1.54, 1.807) is 7.11 Å². The molecule has 0 amide bonds. The lowest BCUT2D eigenvalue weighted by Crippen LogP contribution is -2.39. The van der Waals surface area contributed by atoms with E-state index in [9.17, 15) is 0 Å². The van der Waals surface area contributed by atoms with Gasteiger partial charge in [-0.2, -0.15) is 0 Å². The largest absolute Gasteiger partial charge is 0.383 e. The number of rotatable bonds is 6. The zero-order chi connectivity index (χ0) is 12.8. The predicted octanol–water partition coefficient (Wildman–Crippen LogP) is 3.32. The molecule has 0 saturated heterocycles. The van der Waals surface area contributed by atoms with Crippen LogP contribution in [0.3, 0.4) is 0 Å². The second kappa shape index (κ2) is 6.77. The van der Waals surface area contributed by atoms with Crippen molar-refractivity contribution in [3.8, 4) is 0 Å². The average Bonchev–Trinajstić information content (AvgIpc) is 2.28. The Bertz CT molecular complexity index is 335. The van der Waals surface area contributed by atoms with Crippen LogP contribution in [0.4, 0.5) is 0 Å². The van der Waals surface area contributed by atoms with E-state index in [-0.39, 0.29) is 0 Å². The van der Waals surface area contributed by atoms with Crippen LogP contribution in [0.2, 0.25) is 0 Å². The highest BCUT2D eigenvalue weighted by atomic mass is 16.5. The fraction of sp³-hybridized carbons (Fsp3) is 0.600. The van der Waals surface area contributed by atoms with Gasteiger partial charge in [-0.05, 0) is 25.3 Å². The summed E-state index contributed by atoms with van der Waals surface area (Å²) in [5, 5.41) is 3.64. The summed E-state index contributed by atoms with van der Waals surface area (Å²) in [6, 6.07) is 9.42. The Labute approximate surface area is 105 Å². The van der Waals surface area contributed by atoms with Crippen molar-refractivity contribution in [3.05, 3.63) is 35.4 Å². The van der Waals surface area contributed by atoms with Crippen LogP contribution in [-0.2, 0) is 4.74 Å². The first-order valence-electron chi connectivity index (χ1n) is 6.36. The molecule has 0 radical (unpaired) electrons. The Morgan fingerprint density at radius 2 is 1.94 bits per heavy atom. The fourth-order valence-corrected chi connectivity index (χ4v) is 1.97. The van der Waals surface area contributed by atoms with Gasteiger partial charge in [-0.15, -0.1) is 0 Å². The van der Waals surface area contributed by atoms with Crippen molar-refractivity contribution >= 4 is 0 Å². The molecule has 0 saturated carbocycles. The summed E-state index contributed by atoms with van der Waals surface area (Å²) in [5.74, 6) is 0.571. The molecule has 96 valence electrons. The first-order chi connectivity index (χ1) is 8.04. The second-order valence-corrected chi connectivity index (χ2v) is 5.11. The van der Waals surface area contributed by atoms with Crippen LogP contribution in [-0.4, -0.2) is 19.8 Å². The molecule has 0 heterocycles. The minimum absolute atomic E-state index is 0.359. The zero-order valence-corrected chi connectivity index (χ0v) is 11.7. The summed E-state index contributed by atoms with van der Waals surface area (Å²) in [5.41, 5.74) is 2.65. The van der Waals surface area contributed by atoms with Gasteiger partial charge in [-0.1, -0.05) is 43.7 Å². The molecule has 0 aliphatic heterocycles. The molecule has 2 heteroatoms. The molecule has 2 nitrogen and oxygen atoms in total. The average molecular weight is 235 g/mol. The Morgan fingerprint density at radius 3 is 2.47 bits per heavy atom. The van der Waals surface area contributed by atoms with Crippen LogP contribution in [0, 0.1) is 12.8 Å². The maximum absolute atomic E-state index is 5.26. The van der Waals surface area contributed by atoms with Crippen LogP contribution >= 0.6 is 0 Å². The van der Waals surface area contributed by atoms with Gasteiger partial charge in [0.05, 0.1) is 6.61 Å². The van der Waals surface area contributed by atoms with Gasteiger partial charge < -0.3 is 10.1 Å². The third kappa shape index (κ3) is 4.49. The number of nitrogens with one attached hydrogen (secondary N) is 1. The van der Waals surface area contributed by atoms with Crippen molar-refractivity contribution in [2.45, 2.75) is 39.8 Å². The molecule has 0 aliphatic carbocycles. The molecule has 1 rings (SSSR count). The quantitative estimate of drug-likeness (QED) is 0.816. The van der Waals surface area contributed by atoms with E-state index in [0.717, 1.165) is 6.61 Å². The highest BCUT2D eigenvalue weighted by Gasteiger charge is 2.16. The van der Waals surface area contributed by atoms with Gasteiger partial charge in [0.1, 0.15) is 0 Å². The summed E-state index contributed by atoms with van der Waals surface area (Å²) in [7, 11) is 1.76. The standard InChI is InChI=1S/C15H25NO/c1-11(2)15(10-17-5)16-13(4)14-8-6-7-12(3)9-14/h6-9,11,13,15-16H,10H2,1-5H3/t13-,15?/m0/s1. The molecule has 1 aromatic rings. The van der Waals surface area contributed by atoms with E-state index in [4.69, 9.17) is 4.74 Å². The van der Waals surface area contributed by atoms with Crippen molar-refractivity contribution in [3.63, 3.8) is 0 Å². The molecule has 0 spiro atoms. The predicted molar refractivity (Wildman–Crippen MR) is 73.2 cm³/mol. The van der Waals surface area contributed by atoms with Crippen LogP contribution in [0.5, 0.6) is 0 Å². The maximum atomic E-state index is 5.26. The van der Waals surface area contributed by atoms with Gasteiger partial charge in [0.15, 0.2) is 0 Å². The van der Waals surface area contributed by atoms with Crippen LogP contribution in [0.15, 0.2) is 24.3 Å². The molecule has 1 aromatic carbocycles. The molecule has 2 atom stereocenters. The molecule has 0 fully saturated rings. The molecular formula is C15H25NO. The normalized spacial score (nSPS) is 14.9. The van der Waals surface area contributed by atoms with E-state index >= 15 is 0 Å². The lowest BCUT2D eigenvalue weighted by atomic mass is 10.0. The first kappa shape index (κ1) is 14.2. The van der Waals surface area contributed by atoms with Gasteiger partial charge in [0.25, 0.3) is 0 Å². The monoisotopic (exact) mass is 235 g/mol. The summed E-state index contributed by atoms with van der Waals surface area (Å²) in [6.45, 7) is 9.54. The summed E-state index contributed by atoms with van der Waals surface area (Å²) < 4.78 is 5.26. The molecule has 1 unspecified atom stereocenters. The first-order valence-corrected chi connectivity index (χ1v) is 6.36. The van der Waals surface area contributed by atoms with Crippen LogP contribution in [0.25, 0.3) is 0 Å². The minimum atomic E-state index is 0.359. The Morgan fingerprint density at radius 1 is 1.24 bits per heavy atom. The molecule has 0 bridgehead atoms. The van der Waals surface area contributed by atoms with E-state index in [2.05, 4.69) is 57.3 Å². The van der Waals surface area contributed by atoms with Crippen LogP contribution < -0.4 is 5.32 Å². The van der Waals surface area contributed by atoms with Crippen molar-refractivity contribution < 1.29 is 4.74 Å². The summed E-state index contributed by atoms with van der Waals surface area (Å²) in [6.07, 6.45) is 0. The van der Waals surface area contributed by atoms with Gasteiger partial charge in [0.2, 0.25) is 0 Å². The van der Waals surface area contributed by atoms with Crippen molar-refractivity contribution in [1.29, 1.82) is 0 Å². The molecule has 17 heavy (non-hydrogen) atoms. The number of methoxy groups -OCH3 is 1. The lowest BCUT2D eigenvalue weighted by molar-refractivity contribution is 0.141. The molecule has 0 aromatic heterocycles. The number of ether oxygens (including phenoxy) is 1. The van der Waals surface area contributed by atoms with Gasteiger partial charge in [-0.25, -0.2) is 0 Å². The summed E-state index contributed by atoms with van der Waals surface area (Å²) >= 11 is 0. The number of hydrogen-bond donors (Lipinski definition) is 1. The van der Waals surface area contributed by atoms with Crippen molar-refractivity contribution in [2.24, 2.45) is 5.92 Å². The highest BCUT2D eigenvalue weighted by Crippen LogP contribution is 2.16. The van der Waals surface area contributed by atoms with E-state index in [1.807, 2.05) is 0 Å². The minimum Gasteiger partial charge on any atom is -0.383 e. The van der Waals surface area contributed by atoms with Crippen molar-refractivity contribution in [2.75, 3.05) is 13.7 Å². The number of benzene rings is 1. The summed E-state index contributed by atoms with van der Waals surface area (Å²) in [4.78, 5) is 0. The Kier molecular flexibility index (Phi) is 5.66. The van der Waals surface area contributed by atoms with Gasteiger partial charge in [-0.3, -0.25) is 0 Å². The maximum Gasteiger partial charge on any atom is 0.0618 e. The highest BCUT2D eigenvalue weighted by molar-refractivity contribution is 5.24. The Hall–Kier alpha value is -0.860. The Balaban J connectivity index is 2.66. The smallest absolute Gasteiger partial charge is 0.0618 e. The third-order valence-corrected chi connectivity index (χ3v) is 3.16. The second-order valence-electron chi connectivity index (χ2n) is 5.11. The molecule has 0 aliphatic rings. The van der Waals surface area contributed by atoms with Crippen LogP contribution in [0.1, 0.15) is 37.9 Å².